The summed E-state index contributed by atoms with van der Waals surface area (Å²) in [5, 5.41) is 3.19. The highest BCUT2D eigenvalue weighted by Crippen LogP contribution is 2.65. The van der Waals surface area contributed by atoms with Gasteiger partial charge in [-0.15, -0.1) is 0 Å². The fourth-order valence-electron chi connectivity index (χ4n) is 8.19. The van der Waals surface area contributed by atoms with Crippen molar-refractivity contribution in [2.24, 2.45) is 28.6 Å². The van der Waals surface area contributed by atoms with Crippen molar-refractivity contribution in [2.75, 3.05) is 0 Å². The standard InChI is InChI=1S/C29H45NO5/c1-6-8-25(32)34-20-12-14-28(4)19(16-20)10-11-21-22(28)13-15-29(5)23(21)17-24(27(29)30-18(3)31)35-26(33)9-7-2/h10,20-24,27H,6-9,11-17H2,1-5H3,(H,30,31)/t20-,21-,22+,23+,24+,27+,28-,29-/m0/s1. The third-order valence-corrected chi connectivity index (χ3v) is 9.91. The van der Waals surface area contributed by atoms with Crippen LogP contribution in [0.5, 0.6) is 0 Å². The first-order chi connectivity index (χ1) is 16.6. The Morgan fingerprint density at radius 3 is 2.34 bits per heavy atom. The summed E-state index contributed by atoms with van der Waals surface area (Å²) in [7, 11) is 0. The highest BCUT2D eigenvalue weighted by Gasteiger charge is 2.62. The maximum Gasteiger partial charge on any atom is 0.306 e. The Morgan fingerprint density at radius 1 is 1.00 bits per heavy atom. The Morgan fingerprint density at radius 2 is 1.69 bits per heavy atom. The Bertz CT molecular complexity index is 867. The summed E-state index contributed by atoms with van der Waals surface area (Å²) in [4.78, 5) is 36.7. The van der Waals surface area contributed by atoms with Gasteiger partial charge < -0.3 is 14.8 Å². The minimum absolute atomic E-state index is 0.0109. The first-order valence-electron chi connectivity index (χ1n) is 14.0. The van der Waals surface area contributed by atoms with Crippen molar-refractivity contribution in [3.63, 3.8) is 0 Å². The highest BCUT2D eigenvalue weighted by molar-refractivity contribution is 5.74. The topological polar surface area (TPSA) is 81.7 Å². The van der Waals surface area contributed by atoms with Crippen LogP contribution in [0.2, 0.25) is 0 Å². The van der Waals surface area contributed by atoms with Crippen LogP contribution in [0.25, 0.3) is 0 Å². The van der Waals surface area contributed by atoms with Gasteiger partial charge in [0.2, 0.25) is 5.91 Å². The van der Waals surface area contributed by atoms with Crippen LogP contribution in [0.15, 0.2) is 11.6 Å². The average molecular weight is 488 g/mol. The van der Waals surface area contributed by atoms with E-state index in [1.165, 1.54) is 5.57 Å². The van der Waals surface area contributed by atoms with E-state index in [2.05, 4.69) is 25.2 Å². The van der Waals surface area contributed by atoms with Crippen LogP contribution in [0, 0.1) is 28.6 Å². The molecule has 196 valence electrons. The molecule has 3 fully saturated rings. The predicted molar refractivity (Wildman–Crippen MR) is 134 cm³/mol. The number of fused-ring (bicyclic) bond motifs is 5. The van der Waals surface area contributed by atoms with Gasteiger partial charge in [-0.2, -0.15) is 0 Å². The van der Waals surface area contributed by atoms with Crippen molar-refractivity contribution < 1.29 is 23.9 Å². The molecule has 35 heavy (non-hydrogen) atoms. The van der Waals surface area contributed by atoms with Gasteiger partial charge in [0.25, 0.3) is 0 Å². The fourth-order valence-corrected chi connectivity index (χ4v) is 8.19. The summed E-state index contributed by atoms with van der Waals surface area (Å²) in [6.45, 7) is 10.3. The zero-order valence-corrected chi connectivity index (χ0v) is 22.4. The van der Waals surface area contributed by atoms with E-state index in [1.807, 2.05) is 13.8 Å². The number of esters is 2. The number of hydrogen-bond donors (Lipinski definition) is 1. The predicted octanol–water partition coefficient (Wildman–Crippen LogP) is 5.49. The van der Waals surface area contributed by atoms with Gasteiger partial charge in [0.1, 0.15) is 12.2 Å². The van der Waals surface area contributed by atoms with Crippen molar-refractivity contribution >= 4 is 17.8 Å². The van der Waals surface area contributed by atoms with Gasteiger partial charge in [-0.25, -0.2) is 0 Å². The molecular weight excluding hydrogens is 442 g/mol. The second kappa shape index (κ2) is 10.3. The van der Waals surface area contributed by atoms with E-state index in [9.17, 15) is 14.4 Å². The Balaban J connectivity index is 1.54. The van der Waals surface area contributed by atoms with Gasteiger partial charge >= 0.3 is 11.9 Å². The van der Waals surface area contributed by atoms with Crippen molar-refractivity contribution in [3.05, 3.63) is 11.6 Å². The summed E-state index contributed by atoms with van der Waals surface area (Å²) >= 11 is 0. The molecule has 3 saturated carbocycles. The van der Waals surface area contributed by atoms with Gasteiger partial charge in [-0.3, -0.25) is 14.4 Å². The number of rotatable bonds is 7. The molecule has 0 unspecified atom stereocenters. The first-order valence-corrected chi connectivity index (χ1v) is 14.0. The summed E-state index contributed by atoms with van der Waals surface area (Å²) in [5.41, 5.74) is 1.54. The molecule has 4 aliphatic rings. The third-order valence-electron chi connectivity index (χ3n) is 9.91. The Hall–Kier alpha value is -1.85. The SMILES string of the molecule is CCCC(=O)O[C@H]1CC[C@@]2(C)C(=CC[C@@H]3[C@H]4C[C@@H](OC(=O)CCC)[C@@H](NC(C)=O)[C@@]4(C)CC[C@H]32)C1. The smallest absolute Gasteiger partial charge is 0.306 e. The van der Waals surface area contributed by atoms with Gasteiger partial charge in [-0.1, -0.05) is 39.3 Å². The van der Waals surface area contributed by atoms with Gasteiger partial charge in [0.05, 0.1) is 6.04 Å². The maximum atomic E-state index is 12.4. The number of carbonyl (C=O) groups excluding carboxylic acids is 3. The van der Waals surface area contributed by atoms with Crippen molar-refractivity contribution in [1.82, 2.24) is 5.32 Å². The van der Waals surface area contributed by atoms with E-state index < -0.39 is 0 Å². The quantitative estimate of drug-likeness (QED) is 0.379. The van der Waals surface area contributed by atoms with Crippen LogP contribution in [-0.4, -0.2) is 36.1 Å². The lowest BCUT2D eigenvalue weighted by molar-refractivity contribution is -0.152. The summed E-state index contributed by atoms with van der Waals surface area (Å²) < 4.78 is 11.8. The minimum atomic E-state index is -0.251. The van der Waals surface area contributed by atoms with E-state index in [-0.39, 0.29) is 46.9 Å². The van der Waals surface area contributed by atoms with Gasteiger partial charge in [-0.05, 0) is 80.0 Å². The van der Waals surface area contributed by atoms with Gasteiger partial charge in [0.15, 0.2) is 0 Å². The molecule has 0 aromatic rings. The van der Waals surface area contributed by atoms with Crippen LogP contribution in [0.4, 0.5) is 0 Å². The van der Waals surface area contributed by atoms with Crippen LogP contribution in [-0.2, 0) is 23.9 Å². The summed E-state index contributed by atoms with van der Waals surface area (Å²) in [5.74, 6) is 1.24. The molecule has 0 aromatic carbocycles. The van der Waals surface area contributed by atoms with Gasteiger partial charge in [0, 0.05) is 26.2 Å². The first kappa shape index (κ1) is 26.2. The molecule has 4 rings (SSSR count). The van der Waals surface area contributed by atoms with Crippen molar-refractivity contribution in [2.45, 2.75) is 123 Å². The second-order valence-corrected chi connectivity index (χ2v) is 12.1. The van der Waals surface area contributed by atoms with Crippen LogP contribution in [0.3, 0.4) is 0 Å². The van der Waals surface area contributed by atoms with E-state index >= 15 is 0 Å². The largest absolute Gasteiger partial charge is 0.462 e. The average Bonchev–Trinajstić information content (AvgIpc) is 3.05. The number of hydrogen-bond acceptors (Lipinski definition) is 5. The molecule has 0 aromatic heterocycles. The summed E-state index contributed by atoms with van der Waals surface area (Å²) in [6, 6.07) is -0.126. The second-order valence-electron chi connectivity index (χ2n) is 12.1. The molecule has 0 saturated heterocycles. The minimum Gasteiger partial charge on any atom is -0.462 e. The molecule has 8 atom stereocenters. The molecule has 0 spiro atoms. The van der Waals surface area contributed by atoms with Crippen molar-refractivity contribution in [1.29, 1.82) is 0 Å². The number of ether oxygens (including phenoxy) is 2. The lowest BCUT2D eigenvalue weighted by Gasteiger charge is -2.57. The molecule has 6 nitrogen and oxygen atoms in total. The Labute approximate surface area is 211 Å². The zero-order valence-electron chi connectivity index (χ0n) is 22.4. The third kappa shape index (κ3) is 4.91. The molecule has 6 heteroatoms. The van der Waals surface area contributed by atoms with Crippen LogP contribution in [0.1, 0.15) is 105 Å². The molecular formula is C29H45NO5. The molecule has 0 heterocycles. The van der Waals surface area contributed by atoms with E-state index in [1.54, 1.807) is 6.92 Å². The molecule has 1 amide bonds. The lowest BCUT2D eigenvalue weighted by atomic mass is 9.48. The van der Waals surface area contributed by atoms with Crippen molar-refractivity contribution in [3.8, 4) is 0 Å². The molecule has 0 radical (unpaired) electrons. The van der Waals surface area contributed by atoms with E-state index in [0.29, 0.717) is 30.6 Å². The van der Waals surface area contributed by atoms with E-state index in [0.717, 1.165) is 57.8 Å². The zero-order chi connectivity index (χ0) is 25.4. The monoisotopic (exact) mass is 487 g/mol. The lowest BCUT2D eigenvalue weighted by Crippen LogP contribution is -2.55. The number of amides is 1. The number of allylic oxidation sites excluding steroid dienone is 1. The fraction of sp³-hybridized carbons (Fsp3) is 0.828. The molecule has 0 aliphatic heterocycles. The highest BCUT2D eigenvalue weighted by atomic mass is 16.5. The van der Waals surface area contributed by atoms with E-state index in [4.69, 9.17) is 9.47 Å². The molecule has 1 N–H and O–H groups in total. The maximum absolute atomic E-state index is 12.4. The summed E-state index contributed by atoms with van der Waals surface area (Å²) in [6.07, 6.45) is 11.6. The number of carbonyl (C=O) groups is 3. The van der Waals surface area contributed by atoms with Crippen LogP contribution < -0.4 is 5.32 Å². The molecule has 0 bridgehead atoms. The van der Waals surface area contributed by atoms with Crippen LogP contribution >= 0.6 is 0 Å². The molecule has 4 aliphatic carbocycles. The number of nitrogens with one attached hydrogen (secondary N) is 1. The normalized spacial score (nSPS) is 40.0. The Kier molecular flexibility index (Phi) is 7.68.